The van der Waals surface area contributed by atoms with Gasteiger partial charge in [-0.2, -0.15) is 0 Å². The first-order valence-corrected chi connectivity index (χ1v) is 5.91. The van der Waals surface area contributed by atoms with E-state index in [-0.39, 0.29) is 5.92 Å². The van der Waals surface area contributed by atoms with Crippen LogP contribution in [0.5, 0.6) is 0 Å². The first kappa shape index (κ1) is 11.3. The second-order valence-corrected chi connectivity index (χ2v) is 4.52. The zero-order valence-corrected chi connectivity index (χ0v) is 9.69. The summed E-state index contributed by atoms with van der Waals surface area (Å²) in [5, 5.41) is 0. The van der Waals surface area contributed by atoms with Gasteiger partial charge in [0.05, 0.1) is 0 Å². The number of carbonyl (C=O) groups excluding carboxylic acids is 1. The lowest BCUT2D eigenvalue weighted by Crippen LogP contribution is -2.23. The van der Waals surface area contributed by atoms with Crippen molar-refractivity contribution in [2.24, 2.45) is 5.92 Å². The molecule has 1 aliphatic heterocycles. The highest BCUT2D eigenvalue weighted by Crippen LogP contribution is 2.30. The van der Waals surface area contributed by atoms with Gasteiger partial charge in [-0.05, 0) is 31.2 Å². The van der Waals surface area contributed by atoms with Crippen LogP contribution in [0.3, 0.4) is 0 Å². The van der Waals surface area contributed by atoms with E-state index in [2.05, 4.69) is 31.2 Å². The van der Waals surface area contributed by atoms with E-state index in [1.807, 2.05) is 0 Å². The third-order valence-corrected chi connectivity index (χ3v) is 3.38. The molecule has 0 saturated carbocycles. The Morgan fingerprint density at radius 1 is 1.25 bits per heavy atom. The van der Waals surface area contributed by atoms with Gasteiger partial charge in [0.15, 0.2) is 0 Å². The molecule has 1 aromatic carbocycles. The van der Waals surface area contributed by atoms with Crippen LogP contribution in [-0.4, -0.2) is 19.5 Å². The van der Waals surface area contributed by atoms with Gasteiger partial charge >= 0.3 is 0 Å². The molecule has 86 valence electrons. The van der Waals surface area contributed by atoms with Gasteiger partial charge in [-0.3, -0.25) is 0 Å². The molecule has 1 heterocycles. The minimum atomic E-state index is 0.0458. The number of aldehydes is 1. The summed E-state index contributed by atoms with van der Waals surface area (Å²) >= 11 is 0. The lowest BCUT2D eigenvalue weighted by molar-refractivity contribution is -0.110. The quantitative estimate of drug-likeness (QED) is 0.729. The highest BCUT2D eigenvalue weighted by Gasteiger charge is 2.24. The van der Waals surface area contributed by atoms with Gasteiger partial charge in [0.1, 0.15) is 6.29 Å². The standard InChI is InChI=1S/C14H18O2/c1-11-2-4-12(5-3-11)14(10-15)13-6-8-16-9-7-13/h2-5,10,13-14H,6-9H2,1H3. The zero-order valence-electron chi connectivity index (χ0n) is 9.69. The number of carbonyl (C=O) groups is 1. The molecule has 1 aliphatic rings. The Morgan fingerprint density at radius 3 is 2.44 bits per heavy atom. The SMILES string of the molecule is Cc1ccc(C(C=O)C2CCOCC2)cc1. The Hall–Kier alpha value is -1.15. The molecule has 1 fully saturated rings. The summed E-state index contributed by atoms with van der Waals surface area (Å²) < 4.78 is 5.33. The monoisotopic (exact) mass is 218 g/mol. The fraction of sp³-hybridized carbons (Fsp3) is 0.500. The minimum Gasteiger partial charge on any atom is -0.381 e. The number of aryl methyl sites for hydroxylation is 1. The molecule has 2 heteroatoms. The van der Waals surface area contributed by atoms with E-state index in [0.29, 0.717) is 5.92 Å². The van der Waals surface area contributed by atoms with Gasteiger partial charge in [-0.15, -0.1) is 0 Å². The van der Waals surface area contributed by atoms with Crippen LogP contribution in [0, 0.1) is 12.8 Å². The summed E-state index contributed by atoms with van der Waals surface area (Å²) in [4.78, 5) is 11.2. The van der Waals surface area contributed by atoms with Crippen molar-refractivity contribution in [1.82, 2.24) is 0 Å². The molecule has 0 N–H and O–H groups in total. The predicted molar refractivity (Wildman–Crippen MR) is 63.5 cm³/mol. The van der Waals surface area contributed by atoms with Gasteiger partial charge in [0, 0.05) is 19.1 Å². The molecular weight excluding hydrogens is 200 g/mol. The van der Waals surface area contributed by atoms with Crippen molar-refractivity contribution in [2.45, 2.75) is 25.7 Å². The van der Waals surface area contributed by atoms with Crippen molar-refractivity contribution < 1.29 is 9.53 Å². The highest BCUT2D eigenvalue weighted by atomic mass is 16.5. The third kappa shape index (κ3) is 2.50. The molecule has 1 atom stereocenters. The molecular formula is C14H18O2. The molecule has 1 aromatic rings. The van der Waals surface area contributed by atoms with E-state index < -0.39 is 0 Å². The van der Waals surface area contributed by atoms with Gasteiger partial charge in [0.25, 0.3) is 0 Å². The number of rotatable bonds is 3. The molecule has 0 aliphatic carbocycles. The fourth-order valence-corrected chi connectivity index (χ4v) is 2.33. The summed E-state index contributed by atoms with van der Waals surface area (Å²) in [5.41, 5.74) is 2.38. The molecule has 0 radical (unpaired) electrons. The zero-order chi connectivity index (χ0) is 11.4. The van der Waals surface area contributed by atoms with Crippen LogP contribution in [-0.2, 0) is 9.53 Å². The number of benzene rings is 1. The fourth-order valence-electron chi connectivity index (χ4n) is 2.33. The Kier molecular flexibility index (Phi) is 3.73. The van der Waals surface area contributed by atoms with E-state index in [1.165, 1.54) is 5.56 Å². The molecule has 0 spiro atoms. The average Bonchev–Trinajstić information content (AvgIpc) is 2.34. The van der Waals surface area contributed by atoms with Gasteiger partial charge < -0.3 is 9.53 Å². The summed E-state index contributed by atoms with van der Waals surface area (Å²) in [5.74, 6) is 0.499. The van der Waals surface area contributed by atoms with E-state index in [0.717, 1.165) is 37.9 Å². The van der Waals surface area contributed by atoms with E-state index in [9.17, 15) is 4.79 Å². The molecule has 1 saturated heterocycles. The van der Waals surface area contributed by atoms with Crippen LogP contribution in [0.4, 0.5) is 0 Å². The molecule has 0 aromatic heterocycles. The number of ether oxygens (including phenoxy) is 1. The molecule has 1 unspecified atom stereocenters. The second-order valence-electron chi connectivity index (χ2n) is 4.52. The lowest BCUT2D eigenvalue weighted by atomic mass is 9.82. The number of hydrogen-bond donors (Lipinski definition) is 0. The average molecular weight is 218 g/mol. The first-order valence-electron chi connectivity index (χ1n) is 5.91. The van der Waals surface area contributed by atoms with Gasteiger partial charge in [-0.25, -0.2) is 0 Å². The van der Waals surface area contributed by atoms with Crippen molar-refractivity contribution in [1.29, 1.82) is 0 Å². The summed E-state index contributed by atoms with van der Waals surface area (Å²) in [6, 6.07) is 8.30. The first-order chi connectivity index (χ1) is 7.81. The summed E-state index contributed by atoms with van der Waals surface area (Å²) in [7, 11) is 0. The Balaban J connectivity index is 2.14. The van der Waals surface area contributed by atoms with Crippen molar-refractivity contribution in [2.75, 3.05) is 13.2 Å². The van der Waals surface area contributed by atoms with Gasteiger partial charge in [-0.1, -0.05) is 29.8 Å². The van der Waals surface area contributed by atoms with Crippen LogP contribution in [0.1, 0.15) is 29.9 Å². The Bertz CT molecular complexity index is 336. The maximum Gasteiger partial charge on any atom is 0.127 e. The predicted octanol–water partition coefficient (Wildman–Crippen LogP) is 2.70. The van der Waals surface area contributed by atoms with Crippen molar-refractivity contribution in [3.05, 3.63) is 35.4 Å². The van der Waals surface area contributed by atoms with Crippen molar-refractivity contribution >= 4 is 6.29 Å². The molecule has 0 amide bonds. The van der Waals surface area contributed by atoms with E-state index in [1.54, 1.807) is 0 Å². The highest BCUT2D eigenvalue weighted by molar-refractivity contribution is 5.62. The maximum atomic E-state index is 11.2. The largest absolute Gasteiger partial charge is 0.381 e. The van der Waals surface area contributed by atoms with Crippen LogP contribution in [0.25, 0.3) is 0 Å². The van der Waals surface area contributed by atoms with Crippen LogP contribution in [0.15, 0.2) is 24.3 Å². The third-order valence-electron chi connectivity index (χ3n) is 3.38. The molecule has 2 rings (SSSR count). The van der Waals surface area contributed by atoms with Crippen molar-refractivity contribution in [3.8, 4) is 0 Å². The van der Waals surface area contributed by atoms with Crippen molar-refractivity contribution in [3.63, 3.8) is 0 Å². The number of hydrogen-bond acceptors (Lipinski definition) is 2. The topological polar surface area (TPSA) is 26.3 Å². The Labute approximate surface area is 96.6 Å². The smallest absolute Gasteiger partial charge is 0.127 e. The Morgan fingerprint density at radius 2 is 1.88 bits per heavy atom. The summed E-state index contributed by atoms with van der Waals surface area (Å²) in [6.07, 6.45) is 3.09. The van der Waals surface area contributed by atoms with Crippen LogP contribution in [0.2, 0.25) is 0 Å². The molecule has 16 heavy (non-hydrogen) atoms. The summed E-state index contributed by atoms with van der Waals surface area (Å²) in [6.45, 7) is 3.65. The second kappa shape index (κ2) is 5.26. The molecule has 2 nitrogen and oxygen atoms in total. The maximum absolute atomic E-state index is 11.2. The molecule has 0 bridgehead atoms. The van der Waals surface area contributed by atoms with Gasteiger partial charge in [0.2, 0.25) is 0 Å². The normalized spacial score (nSPS) is 19.3. The van der Waals surface area contributed by atoms with E-state index >= 15 is 0 Å². The van der Waals surface area contributed by atoms with Crippen LogP contribution < -0.4 is 0 Å². The lowest BCUT2D eigenvalue weighted by Gasteiger charge is -2.27. The van der Waals surface area contributed by atoms with Crippen LogP contribution >= 0.6 is 0 Å². The minimum absolute atomic E-state index is 0.0458. The van der Waals surface area contributed by atoms with E-state index in [4.69, 9.17) is 4.74 Å².